The topological polar surface area (TPSA) is 57.8 Å². The molecule has 0 aliphatic rings. The van der Waals surface area contributed by atoms with Crippen LogP contribution in [0.25, 0.3) is 11.3 Å². The van der Waals surface area contributed by atoms with Crippen LogP contribution in [0.1, 0.15) is 56.9 Å². The number of anilines is 1. The predicted molar refractivity (Wildman–Crippen MR) is 116 cm³/mol. The van der Waals surface area contributed by atoms with Crippen molar-refractivity contribution in [1.29, 1.82) is 0 Å². The Kier molecular flexibility index (Phi) is 5.68. The molecular formula is C24H29N3O. The summed E-state index contributed by atoms with van der Waals surface area (Å²) in [5.74, 6) is -0.197. The molecule has 1 amide bonds. The number of aryl methyl sites for hydroxylation is 1. The third-order valence-corrected chi connectivity index (χ3v) is 5.15. The van der Waals surface area contributed by atoms with Crippen molar-refractivity contribution < 1.29 is 4.79 Å². The van der Waals surface area contributed by atoms with Crippen molar-refractivity contribution in [3.8, 4) is 11.3 Å². The first-order valence-corrected chi connectivity index (χ1v) is 9.83. The van der Waals surface area contributed by atoms with Crippen molar-refractivity contribution in [2.24, 2.45) is 0 Å². The standard InChI is InChI=1S/C24H29N3O/c1-6-20(17-10-8-7-9-11-17)23(28)25-21-16(2)26-27-22(21)18-12-14-19(15-13-18)24(3,4)5/h7-15,20H,6H2,1-5H3,(H,25,28)(H,26,27)/t20-/m0/s1. The van der Waals surface area contributed by atoms with E-state index in [1.54, 1.807) is 0 Å². The van der Waals surface area contributed by atoms with Gasteiger partial charge in [0.1, 0.15) is 5.69 Å². The van der Waals surface area contributed by atoms with Crippen LogP contribution in [0.5, 0.6) is 0 Å². The molecule has 4 heteroatoms. The summed E-state index contributed by atoms with van der Waals surface area (Å²) in [6.07, 6.45) is 0.738. The molecule has 3 aromatic rings. The van der Waals surface area contributed by atoms with Gasteiger partial charge in [-0.25, -0.2) is 0 Å². The fourth-order valence-electron chi connectivity index (χ4n) is 3.39. The lowest BCUT2D eigenvalue weighted by Gasteiger charge is -2.19. The molecule has 0 saturated heterocycles. The number of H-pyrrole nitrogens is 1. The Morgan fingerprint density at radius 2 is 1.71 bits per heavy atom. The lowest BCUT2D eigenvalue weighted by molar-refractivity contribution is -0.117. The van der Waals surface area contributed by atoms with Gasteiger partial charge in [0.2, 0.25) is 5.91 Å². The van der Waals surface area contributed by atoms with Gasteiger partial charge in [0, 0.05) is 5.56 Å². The Morgan fingerprint density at radius 1 is 1.07 bits per heavy atom. The van der Waals surface area contributed by atoms with Crippen molar-refractivity contribution >= 4 is 11.6 Å². The first-order valence-electron chi connectivity index (χ1n) is 9.83. The van der Waals surface area contributed by atoms with Gasteiger partial charge in [0.15, 0.2) is 0 Å². The summed E-state index contributed by atoms with van der Waals surface area (Å²) in [4.78, 5) is 13.0. The van der Waals surface area contributed by atoms with Crippen LogP contribution in [-0.4, -0.2) is 16.1 Å². The number of carbonyl (C=O) groups excluding carboxylic acids is 1. The van der Waals surface area contributed by atoms with Crippen molar-refractivity contribution in [2.75, 3.05) is 5.32 Å². The average molecular weight is 376 g/mol. The molecule has 1 aromatic heterocycles. The SMILES string of the molecule is CC[C@H](C(=O)Nc1c(-c2ccc(C(C)(C)C)cc2)n[nH]c1C)c1ccccc1. The summed E-state index contributed by atoms with van der Waals surface area (Å²) in [5.41, 5.74) is 5.76. The maximum atomic E-state index is 13.0. The highest BCUT2D eigenvalue weighted by Crippen LogP contribution is 2.32. The highest BCUT2D eigenvalue weighted by molar-refractivity contribution is 5.99. The van der Waals surface area contributed by atoms with Gasteiger partial charge in [-0.15, -0.1) is 0 Å². The van der Waals surface area contributed by atoms with Crippen LogP contribution in [0, 0.1) is 6.92 Å². The lowest BCUT2D eigenvalue weighted by atomic mass is 9.86. The second kappa shape index (κ2) is 8.01. The quantitative estimate of drug-likeness (QED) is 0.591. The largest absolute Gasteiger partial charge is 0.322 e. The second-order valence-corrected chi connectivity index (χ2v) is 8.26. The average Bonchev–Trinajstić information content (AvgIpc) is 3.03. The molecule has 2 N–H and O–H groups in total. The molecule has 1 heterocycles. The number of hydrogen-bond donors (Lipinski definition) is 2. The number of aromatic amines is 1. The van der Waals surface area contributed by atoms with E-state index in [1.807, 2.05) is 44.2 Å². The molecule has 0 fully saturated rings. The lowest BCUT2D eigenvalue weighted by Crippen LogP contribution is -2.21. The number of nitrogens with one attached hydrogen (secondary N) is 2. The molecule has 0 saturated carbocycles. The molecule has 28 heavy (non-hydrogen) atoms. The second-order valence-electron chi connectivity index (χ2n) is 8.26. The number of aromatic nitrogens is 2. The van der Waals surface area contributed by atoms with Crippen LogP contribution in [0.2, 0.25) is 0 Å². The smallest absolute Gasteiger partial charge is 0.232 e. The molecule has 0 spiro atoms. The van der Waals surface area contributed by atoms with Crippen LogP contribution >= 0.6 is 0 Å². The molecule has 0 bridgehead atoms. The van der Waals surface area contributed by atoms with Gasteiger partial charge in [-0.3, -0.25) is 9.89 Å². The first kappa shape index (κ1) is 19.9. The molecular weight excluding hydrogens is 346 g/mol. The van der Waals surface area contributed by atoms with Gasteiger partial charge in [-0.05, 0) is 29.9 Å². The number of carbonyl (C=O) groups is 1. The van der Waals surface area contributed by atoms with Gasteiger partial charge >= 0.3 is 0 Å². The Morgan fingerprint density at radius 3 is 2.29 bits per heavy atom. The Bertz CT molecular complexity index is 934. The zero-order valence-electron chi connectivity index (χ0n) is 17.3. The van der Waals surface area contributed by atoms with Crippen molar-refractivity contribution in [2.45, 2.75) is 52.4 Å². The fraction of sp³-hybridized carbons (Fsp3) is 0.333. The number of hydrogen-bond acceptors (Lipinski definition) is 2. The molecule has 146 valence electrons. The minimum Gasteiger partial charge on any atom is -0.322 e. The molecule has 0 aliphatic heterocycles. The predicted octanol–water partition coefficient (Wildman–Crippen LogP) is 5.81. The normalized spacial score (nSPS) is 12.6. The van der Waals surface area contributed by atoms with E-state index in [-0.39, 0.29) is 17.2 Å². The van der Waals surface area contributed by atoms with Crippen LogP contribution in [0.15, 0.2) is 54.6 Å². The third kappa shape index (κ3) is 4.16. The number of amides is 1. The highest BCUT2D eigenvalue weighted by atomic mass is 16.1. The van der Waals surface area contributed by atoms with Crippen LogP contribution < -0.4 is 5.32 Å². The molecule has 2 aromatic carbocycles. The summed E-state index contributed by atoms with van der Waals surface area (Å²) in [7, 11) is 0. The fourth-order valence-corrected chi connectivity index (χ4v) is 3.39. The maximum Gasteiger partial charge on any atom is 0.232 e. The van der Waals surface area contributed by atoms with Crippen molar-refractivity contribution in [1.82, 2.24) is 10.2 Å². The summed E-state index contributed by atoms with van der Waals surface area (Å²) in [6, 6.07) is 18.3. The van der Waals surface area contributed by atoms with Crippen molar-refractivity contribution in [3.63, 3.8) is 0 Å². The van der Waals surface area contributed by atoms with Crippen LogP contribution in [-0.2, 0) is 10.2 Å². The van der Waals surface area contributed by atoms with E-state index >= 15 is 0 Å². The highest BCUT2D eigenvalue weighted by Gasteiger charge is 2.22. The van der Waals surface area contributed by atoms with Crippen LogP contribution in [0.4, 0.5) is 5.69 Å². The summed E-state index contributed by atoms with van der Waals surface area (Å²) in [6.45, 7) is 10.5. The van der Waals surface area contributed by atoms with E-state index in [2.05, 4.69) is 60.6 Å². The summed E-state index contributed by atoms with van der Waals surface area (Å²) >= 11 is 0. The zero-order valence-corrected chi connectivity index (χ0v) is 17.3. The van der Waals surface area contributed by atoms with E-state index in [0.717, 1.165) is 34.6 Å². The molecule has 4 nitrogen and oxygen atoms in total. The summed E-state index contributed by atoms with van der Waals surface area (Å²) < 4.78 is 0. The van der Waals surface area contributed by atoms with Crippen LogP contribution in [0.3, 0.4) is 0 Å². The van der Waals surface area contributed by atoms with Gasteiger partial charge in [0.05, 0.1) is 17.3 Å². The van der Waals surface area contributed by atoms with Gasteiger partial charge in [-0.1, -0.05) is 82.3 Å². The van der Waals surface area contributed by atoms with Gasteiger partial charge in [-0.2, -0.15) is 5.10 Å². The third-order valence-electron chi connectivity index (χ3n) is 5.15. The van der Waals surface area contributed by atoms with E-state index in [4.69, 9.17) is 0 Å². The van der Waals surface area contributed by atoms with E-state index in [1.165, 1.54) is 5.56 Å². The first-order chi connectivity index (χ1) is 13.3. The maximum absolute atomic E-state index is 13.0. The minimum atomic E-state index is -0.188. The Balaban J connectivity index is 1.88. The Labute approximate surface area is 167 Å². The molecule has 3 rings (SSSR count). The van der Waals surface area contributed by atoms with Gasteiger partial charge < -0.3 is 5.32 Å². The van der Waals surface area contributed by atoms with Crippen molar-refractivity contribution in [3.05, 3.63) is 71.4 Å². The number of nitrogens with zero attached hydrogens (tertiary/aromatic N) is 1. The number of rotatable bonds is 5. The molecule has 0 radical (unpaired) electrons. The van der Waals surface area contributed by atoms with E-state index < -0.39 is 0 Å². The number of benzene rings is 2. The minimum absolute atomic E-state index is 0.00855. The van der Waals surface area contributed by atoms with E-state index in [9.17, 15) is 4.79 Å². The van der Waals surface area contributed by atoms with Gasteiger partial charge in [0.25, 0.3) is 0 Å². The summed E-state index contributed by atoms with van der Waals surface area (Å²) in [5, 5.41) is 10.6. The Hall–Kier alpha value is -2.88. The van der Waals surface area contributed by atoms with E-state index in [0.29, 0.717) is 0 Å². The molecule has 1 atom stereocenters. The monoisotopic (exact) mass is 375 g/mol. The molecule has 0 aliphatic carbocycles. The zero-order chi connectivity index (χ0) is 20.3. The molecule has 0 unspecified atom stereocenters.